The van der Waals surface area contributed by atoms with Gasteiger partial charge in [0, 0.05) is 59.1 Å². The van der Waals surface area contributed by atoms with Gasteiger partial charge in [0.25, 0.3) is 0 Å². The molecule has 72 heavy (non-hydrogen) atoms. The molecule has 0 radical (unpaired) electrons. The molecule has 16 heteroatoms. The summed E-state index contributed by atoms with van der Waals surface area (Å²) < 4.78 is 57.2. The first-order chi connectivity index (χ1) is 34.6. The molecular formula is C56H56N4O11S. The average Bonchev–Trinajstić information content (AvgIpc) is 4.02. The van der Waals surface area contributed by atoms with E-state index in [9.17, 15) is 10.1 Å². The molecule has 4 bridgehead atoms. The highest BCUT2D eigenvalue weighted by Crippen LogP contribution is 2.72. The Morgan fingerprint density at radius 1 is 0.861 bits per heavy atom. The molecule has 0 aromatic heterocycles. The van der Waals surface area contributed by atoms with Gasteiger partial charge >= 0.3 is 12.1 Å². The lowest BCUT2D eigenvalue weighted by molar-refractivity contribution is -0.157. The normalized spacial score (nSPS) is 27.4. The van der Waals surface area contributed by atoms with Gasteiger partial charge < -0.3 is 42.6 Å². The Balaban J connectivity index is 1.10. The monoisotopic (exact) mass is 992 g/mol. The molecule has 15 nitrogen and oxygen atoms in total. The van der Waals surface area contributed by atoms with Gasteiger partial charge in [0.15, 0.2) is 40.0 Å². The Kier molecular flexibility index (Phi) is 10.8. The Hall–Kier alpha value is -6.64. The molecule has 7 atom stereocenters. The van der Waals surface area contributed by atoms with Crippen LogP contribution in [0.2, 0.25) is 0 Å². The van der Waals surface area contributed by atoms with E-state index < -0.39 is 51.7 Å². The minimum atomic E-state index is -1.41. The molecule has 3 fully saturated rings. The molecule has 8 aliphatic rings. The van der Waals surface area contributed by atoms with Crippen LogP contribution < -0.4 is 38.5 Å². The third kappa shape index (κ3) is 6.80. The Bertz CT molecular complexity index is 3120. The number of para-hydroxylation sites is 2. The summed E-state index contributed by atoms with van der Waals surface area (Å²) in [6, 6.07) is 26.6. The van der Waals surface area contributed by atoms with E-state index in [2.05, 4.69) is 34.2 Å². The molecule has 8 heterocycles. The molecule has 372 valence electrons. The molecule has 5 aromatic carbocycles. The number of piperazine rings is 1. The predicted octanol–water partition coefficient (Wildman–Crippen LogP) is 10.00. The highest BCUT2D eigenvalue weighted by Gasteiger charge is 2.72. The summed E-state index contributed by atoms with van der Waals surface area (Å²) >= 11 is 1.61. The van der Waals surface area contributed by atoms with Gasteiger partial charge in [0.05, 0.1) is 37.6 Å². The fourth-order valence-corrected chi connectivity index (χ4v) is 14.6. The molecule has 13 rings (SSSR count). The highest BCUT2D eigenvalue weighted by atomic mass is 32.2. The summed E-state index contributed by atoms with van der Waals surface area (Å²) in [5.41, 5.74) is 3.03. The predicted molar refractivity (Wildman–Crippen MR) is 266 cm³/mol. The summed E-state index contributed by atoms with van der Waals surface area (Å²) in [5.74, 6) is 4.42. The number of benzene rings is 5. The van der Waals surface area contributed by atoms with Crippen LogP contribution in [0.1, 0.15) is 96.0 Å². The molecule has 0 saturated carbocycles. The van der Waals surface area contributed by atoms with Crippen LogP contribution in [0.15, 0.2) is 78.9 Å². The minimum Gasteiger partial charge on any atom is -0.493 e. The highest BCUT2D eigenvalue weighted by molar-refractivity contribution is 7.99. The zero-order valence-corrected chi connectivity index (χ0v) is 42.3. The van der Waals surface area contributed by atoms with Crippen molar-refractivity contribution in [2.75, 3.05) is 46.5 Å². The van der Waals surface area contributed by atoms with Gasteiger partial charge in [0.1, 0.15) is 35.0 Å². The molecular weight excluding hydrogens is 937 g/mol. The van der Waals surface area contributed by atoms with Gasteiger partial charge in [-0.25, -0.2) is 9.59 Å². The first-order valence-electron chi connectivity index (χ1n) is 24.4. The van der Waals surface area contributed by atoms with E-state index >= 15 is 4.79 Å². The maximum atomic E-state index is 15.5. The van der Waals surface area contributed by atoms with E-state index in [1.54, 1.807) is 51.8 Å². The number of carbonyl (C=O) groups excluding carboxylic acids is 2. The molecule has 5 aromatic rings. The number of nitriles is 1. The van der Waals surface area contributed by atoms with Crippen molar-refractivity contribution < 1.29 is 52.2 Å². The van der Waals surface area contributed by atoms with Crippen LogP contribution in [0.5, 0.6) is 51.7 Å². The number of aryl methyl sites for hydroxylation is 1. The summed E-state index contributed by atoms with van der Waals surface area (Å²) in [7, 11) is 3.17. The first kappa shape index (κ1) is 46.4. The van der Waals surface area contributed by atoms with E-state index in [1.807, 2.05) is 74.5 Å². The molecule has 2 unspecified atom stereocenters. The standard InChI is InChI=1S/C56H56N4O11S/c1-30-21-36-40(49(45(30)64-8)69-34-17-13-10-14-18-34)43-44-50-42-41(48-47(66-29-67-48)31(2)46(42)68-33-15-11-9-12-16-33)37(60(44)55(26-57)25-54(36,6)59(43)27-55)24-65-51(61)56(28-72-50)35-23-38(63-7)39(22-32(35)19-20-58-56)70-52(62)71-53(3,4)5/h9-18,21-23,37,43-44,50,58H,19-20,24-25,27-29H2,1-8H3/t37-,43+,44?,50+,54?,55-,56+/m0/s1. The van der Waals surface area contributed by atoms with Crippen molar-refractivity contribution in [2.45, 2.75) is 100.0 Å². The maximum Gasteiger partial charge on any atom is 0.514 e. The summed E-state index contributed by atoms with van der Waals surface area (Å²) in [6.45, 7) is 12.3. The van der Waals surface area contributed by atoms with Gasteiger partial charge in [-0.1, -0.05) is 36.4 Å². The van der Waals surface area contributed by atoms with Gasteiger partial charge in [-0.2, -0.15) is 5.26 Å². The van der Waals surface area contributed by atoms with Crippen molar-refractivity contribution in [3.05, 3.63) is 123 Å². The van der Waals surface area contributed by atoms with Crippen LogP contribution in [0.4, 0.5) is 4.79 Å². The van der Waals surface area contributed by atoms with E-state index in [0.717, 1.165) is 38.9 Å². The molecule has 1 N–H and O–H groups in total. The second-order valence-corrected chi connectivity index (χ2v) is 22.0. The van der Waals surface area contributed by atoms with E-state index in [1.165, 1.54) is 7.11 Å². The number of hydrogen-bond acceptors (Lipinski definition) is 16. The average molecular weight is 993 g/mol. The van der Waals surface area contributed by atoms with Crippen LogP contribution in [0.3, 0.4) is 0 Å². The fourth-order valence-electron chi connectivity index (χ4n) is 12.9. The summed E-state index contributed by atoms with van der Waals surface area (Å²) in [4.78, 5) is 33.4. The molecule has 8 aliphatic heterocycles. The first-order valence-corrected chi connectivity index (χ1v) is 25.4. The third-order valence-electron chi connectivity index (χ3n) is 15.6. The number of ether oxygens (including phenoxy) is 9. The van der Waals surface area contributed by atoms with Crippen LogP contribution in [0, 0.1) is 25.2 Å². The van der Waals surface area contributed by atoms with Crippen molar-refractivity contribution in [3.63, 3.8) is 0 Å². The summed E-state index contributed by atoms with van der Waals surface area (Å²) in [6.07, 6.45) is 0.119. The van der Waals surface area contributed by atoms with Crippen molar-refractivity contribution in [3.8, 4) is 57.8 Å². The SMILES string of the molecule is COc1cc2c(cc1OC(=O)OC(C)(C)C)CCN[C@]21CS[C@@H]2c3c(Oc4ccccc4)c(C)c4c(c3[C@H](COC1=O)N1C2[C@H]2c3c(cc(C)c(OC)c3Oc3ccccc3)C3(C)C[C@]1(C#N)CN23)OCO4. The number of nitrogens with zero attached hydrogens (tertiary/aromatic N) is 3. The number of methoxy groups -OCH3 is 2. The third-order valence-corrected chi connectivity index (χ3v) is 17.1. The Morgan fingerprint density at radius 3 is 2.25 bits per heavy atom. The van der Waals surface area contributed by atoms with Crippen LogP contribution in [-0.4, -0.2) is 85.6 Å². The number of esters is 1. The van der Waals surface area contributed by atoms with Crippen LogP contribution >= 0.6 is 11.8 Å². The number of nitrogens with one attached hydrogen (secondary N) is 1. The van der Waals surface area contributed by atoms with Crippen molar-refractivity contribution in [1.82, 2.24) is 15.1 Å². The lowest BCUT2D eigenvalue weighted by Crippen LogP contribution is -2.67. The van der Waals surface area contributed by atoms with Gasteiger partial charge in [-0.15, -0.1) is 11.8 Å². The number of fused-ring (bicyclic) bond motifs is 9. The lowest BCUT2D eigenvalue weighted by Gasteiger charge is -2.59. The molecule has 0 aliphatic carbocycles. The number of rotatable bonds is 7. The summed E-state index contributed by atoms with van der Waals surface area (Å²) in [5, 5.41) is 15.0. The fraction of sp³-hybridized carbons (Fsp3) is 0.411. The van der Waals surface area contributed by atoms with Crippen molar-refractivity contribution in [2.24, 2.45) is 0 Å². The topological polar surface area (TPSA) is 160 Å². The minimum absolute atomic E-state index is 0.0129. The lowest BCUT2D eigenvalue weighted by atomic mass is 9.72. The van der Waals surface area contributed by atoms with Gasteiger partial charge in [-0.3, -0.25) is 15.1 Å². The molecule has 1 spiro atoms. The van der Waals surface area contributed by atoms with E-state index in [4.69, 9.17) is 42.6 Å². The molecule has 3 saturated heterocycles. The quantitative estimate of drug-likeness (QED) is 0.121. The van der Waals surface area contributed by atoms with Crippen LogP contribution in [-0.2, 0) is 31.8 Å². The number of thioether (sulfide) groups is 1. The van der Waals surface area contributed by atoms with Crippen molar-refractivity contribution >= 4 is 23.9 Å². The van der Waals surface area contributed by atoms with Gasteiger partial charge in [-0.05, 0) is 113 Å². The number of carbonyl (C=O) groups is 2. The van der Waals surface area contributed by atoms with E-state index in [-0.39, 0.29) is 36.7 Å². The second kappa shape index (κ2) is 16.7. The van der Waals surface area contributed by atoms with Crippen LogP contribution in [0.25, 0.3) is 0 Å². The Labute approximate surface area is 422 Å². The second-order valence-electron chi connectivity index (χ2n) is 20.9. The Morgan fingerprint density at radius 2 is 1.57 bits per heavy atom. The van der Waals surface area contributed by atoms with Crippen molar-refractivity contribution in [1.29, 1.82) is 5.26 Å². The smallest absolute Gasteiger partial charge is 0.493 e. The number of hydrogen-bond donors (Lipinski definition) is 1. The van der Waals surface area contributed by atoms with Gasteiger partial charge in [0.2, 0.25) is 6.79 Å². The zero-order valence-electron chi connectivity index (χ0n) is 41.5. The molecule has 0 amide bonds. The van der Waals surface area contributed by atoms with E-state index in [0.29, 0.717) is 71.7 Å². The maximum absolute atomic E-state index is 15.5. The largest absolute Gasteiger partial charge is 0.514 e. The zero-order chi connectivity index (χ0) is 50.1.